The zero-order valence-corrected chi connectivity index (χ0v) is 9.84. The van der Waals surface area contributed by atoms with E-state index in [-0.39, 0.29) is 12.0 Å². The van der Waals surface area contributed by atoms with Gasteiger partial charge in [0.2, 0.25) is 0 Å². The van der Waals surface area contributed by atoms with Gasteiger partial charge in [0, 0.05) is 12.0 Å². The highest BCUT2D eigenvalue weighted by Gasteiger charge is 2.39. The number of hydrogen-bond donors (Lipinski definition) is 0. The second-order valence-electron chi connectivity index (χ2n) is 4.68. The van der Waals surface area contributed by atoms with Crippen molar-refractivity contribution in [2.24, 2.45) is 0 Å². The van der Waals surface area contributed by atoms with Crippen LogP contribution < -0.4 is 0 Å². The average molecular weight is 235 g/mol. The van der Waals surface area contributed by atoms with E-state index in [9.17, 15) is 8.78 Å². The molecule has 3 heteroatoms. The van der Waals surface area contributed by atoms with Crippen LogP contribution in [0, 0.1) is 11.3 Å². The quantitative estimate of drug-likeness (QED) is 0.772. The van der Waals surface area contributed by atoms with E-state index in [4.69, 9.17) is 5.26 Å². The molecule has 17 heavy (non-hydrogen) atoms. The van der Waals surface area contributed by atoms with E-state index in [0.29, 0.717) is 0 Å². The Labute approximate surface area is 100 Å². The van der Waals surface area contributed by atoms with Crippen LogP contribution in [-0.2, 0) is 11.3 Å². The summed E-state index contributed by atoms with van der Waals surface area (Å²) < 4.78 is 26.9. The van der Waals surface area contributed by atoms with Crippen LogP contribution in [0.1, 0.15) is 43.7 Å². The van der Waals surface area contributed by atoms with E-state index < -0.39 is 11.3 Å². The number of hydrogen-bond acceptors (Lipinski definition) is 1. The highest BCUT2D eigenvalue weighted by atomic mass is 19.3. The van der Waals surface area contributed by atoms with Gasteiger partial charge in [0.15, 0.2) is 0 Å². The lowest BCUT2D eigenvalue weighted by molar-refractivity contribution is -0.00832. The maximum atomic E-state index is 13.4. The van der Waals surface area contributed by atoms with E-state index in [0.717, 1.165) is 24.8 Å². The van der Waals surface area contributed by atoms with Gasteiger partial charge in [-0.25, -0.2) is 8.78 Å². The molecular formula is C14H15F2N. The second kappa shape index (κ2) is 4.10. The monoisotopic (exact) mass is 235 g/mol. The molecule has 0 aliphatic heterocycles. The van der Waals surface area contributed by atoms with Crippen LogP contribution >= 0.6 is 0 Å². The van der Waals surface area contributed by atoms with Crippen LogP contribution in [0.2, 0.25) is 0 Å². The number of rotatable bonds is 3. The molecule has 0 N–H and O–H groups in total. The van der Waals surface area contributed by atoms with Crippen molar-refractivity contribution in [2.45, 2.75) is 43.9 Å². The maximum absolute atomic E-state index is 13.4. The standard InChI is InChI=1S/C14H15F2N/c1-2-14(15,16)12-6-4-11(5-7-12)13(10-17)8-3-9-13/h4-7H,2-3,8-9H2,1H3. The van der Waals surface area contributed by atoms with Crippen molar-refractivity contribution in [1.82, 2.24) is 0 Å². The third kappa shape index (κ3) is 1.93. The van der Waals surface area contributed by atoms with Crippen molar-refractivity contribution < 1.29 is 8.78 Å². The zero-order chi connectivity index (χ0) is 12.5. The molecule has 0 unspecified atom stereocenters. The van der Waals surface area contributed by atoms with Gasteiger partial charge in [-0.15, -0.1) is 0 Å². The summed E-state index contributed by atoms with van der Waals surface area (Å²) in [5, 5.41) is 9.17. The van der Waals surface area contributed by atoms with E-state index in [1.54, 1.807) is 12.1 Å². The van der Waals surface area contributed by atoms with Crippen molar-refractivity contribution in [2.75, 3.05) is 0 Å². The minimum absolute atomic E-state index is 0.0381. The Hall–Kier alpha value is -1.43. The summed E-state index contributed by atoms with van der Waals surface area (Å²) in [7, 11) is 0. The van der Waals surface area contributed by atoms with Crippen molar-refractivity contribution in [3.63, 3.8) is 0 Å². The van der Waals surface area contributed by atoms with Crippen molar-refractivity contribution in [3.05, 3.63) is 35.4 Å². The largest absolute Gasteiger partial charge is 0.273 e. The molecule has 1 aliphatic carbocycles. The Kier molecular flexibility index (Phi) is 2.91. The van der Waals surface area contributed by atoms with Crippen LogP contribution in [-0.4, -0.2) is 0 Å². The number of nitriles is 1. The van der Waals surface area contributed by atoms with Crippen LogP contribution in [0.25, 0.3) is 0 Å². The molecule has 0 radical (unpaired) electrons. The Morgan fingerprint density at radius 2 is 1.88 bits per heavy atom. The van der Waals surface area contributed by atoms with Gasteiger partial charge in [-0.1, -0.05) is 31.2 Å². The van der Waals surface area contributed by atoms with Gasteiger partial charge in [0.25, 0.3) is 5.92 Å². The molecule has 0 aromatic heterocycles. The molecule has 1 fully saturated rings. The third-order valence-electron chi connectivity index (χ3n) is 3.72. The Bertz CT molecular complexity index is 438. The number of benzene rings is 1. The highest BCUT2D eigenvalue weighted by molar-refractivity contribution is 5.37. The van der Waals surface area contributed by atoms with Gasteiger partial charge in [0.1, 0.15) is 0 Å². The van der Waals surface area contributed by atoms with Crippen LogP contribution in [0.4, 0.5) is 8.78 Å². The van der Waals surface area contributed by atoms with Crippen molar-refractivity contribution in [1.29, 1.82) is 5.26 Å². The minimum atomic E-state index is -2.77. The summed E-state index contributed by atoms with van der Waals surface area (Å²) in [5.74, 6) is -2.77. The fourth-order valence-corrected chi connectivity index (χ4v) is 2.23. The third-order valence-corrected chi connectivity index (χ3v) is 3.72. The van der Waals surface area contributed by atoms with Crippen molar-refractivity contribution in [3.8, 4) is 6.07 Å². The second-order valence-corrected chi connectivity index (χ2v) is 4.68. The summed E-state index contributed by atoms with van der Waals surface area (Å²) in [6, 6.07) is 8.59. The normalized spacial score (nSPS) is 18.2. The van der Waals surface area contributed by atoms with Crippen molar-refractivity contribution >= 4 is 0 Å². The fraction of sp³-hybridized carbons (Fsp3) is 0.500. The first-order chi connectivity index (χ1) is 8.04. The van der Waals surface area contributed by atoms with Gasteiger partial charge in [-0.05, 0) is 24.8 Å². The molecule has 1 nitrogen and oxygen atoms in total. The lowest BCUT2D eigenvalue weighted by Crippen LogP contribution is -2.32. The predicted octanol–water partition coefficient (Wildman–Crippen LogP) is 4.13. The van der Waals surface area contributed by atoms with E-state index in [2.05, 4.69) is 6.07 Å². The topological polar surface area (TPSA) is 23.8 Å². The molecular weight excluding hydrogens is 220 g/mol. The van der Waals surface area contributed by atoms with Crippen LogP contribution in [0.15, 0.2) is 24.3 Å². The van der Waals surface area contributed by atoms with Gasteiger partial charge in [0.05, 0.1) is 11.5 Å². The Morgan fingerprint density at radius 3 is 2.24 bits per heavy atom. The molecule has 0 bridgehead atoms. The first-order valence-electron chi connectivity index (χ1n) is 5.94. The SMILES string of the molecule is CCC(F)(F)c1ccc(C2(C#N)CCC2)cc1. The summed E-state index contributed by atoms with van der Waals surface area (Å²) in [6.07, 6.45) is 2.52. The smallest absolute Gasteiger partial charge is 0.201 e. The van der Waals surface area contributed by atoms with Crippen LogP contribution in [0.3, 0.4) is 0 Å². The lowest BCUT2D eigenvalue weighted by Gasteiger charge is -2.35. The van der Waals surface area contributed by atoms with Gasteiger partial charge in [-0.3, -0.25) is 0 Å². The highest BCUT2D eigenvalue weighted by Crippen LogP contribution is 2.43. The minimum Gasteiger partial charge on any atom is -0.201 e. The average Bonchev–Trinajstić information content (AvgIpc) is 2.29. The maximum Gasteiger partial charge on any atom is 0.273 e. The number of nitrogens with zero attached hydrogens (tertiary/aromatic N) is 1. The molecule has 0 saturated heterocycles. The van der Waals surface area contributed by atoms with E-state index in [1.165, 1.54) is 19.1 Å². The summed E-state index contributed by atoms with van der Waals surface area (Å²) in [5.41, 5.74) is 0.498. The first-order valence-corrected chi connectivity index (χ1v) is 5.94. The van der Waals surface area contributed by atoms with Gasteiger partial charge in [-0.2, -0.15) is 5.26 Å². The molecule has 0 spiro atoms. The molecule has 1 aliphatic rings. The first kappa shape index (κ1) is 12.0. The number of halogens is 2. The lowest BCUT2D eigenvalue weighted by atomic mass is 9.65. The fourth-order valence-electron chi connectivity index (χ4n) is 2.23. The number of alkyl halides is 2. The van der Waals surface area contributed by atoms with Gasteiger partial charge < -0.3 is 0 Å². The summed E-state index contributed by atoms with van der Waals surface area (Å²) in [6.45, 7) is 1.47. The predicted molar refractivity (Wildman–Crippen MR) is 61.8 cm³/mol. The Balaban J connectivity index is 2.28. The molecule has 1 saturated carbocycles. The molecule has 1 aromatic rings. The molecule has 2 rings (SSSR count). The molecule has 0 atom stereocenters. The summed E-state index contributed by atoms with van der Waals surface area (Å²) >= 11 is 0. The molecule has 1 aromatic carbocycles. The Morgan fingerprint density at radius 1 is 1.29 bits per heavy atom. The molecule has 90 valence electrons. The van der Waals surface area contributed by atoms with Crippen LogP contribution in [0.5, 0.6) is 0 Å². The van der Waals surface area contributed by atoms with E-state index >= 15 is 0 Å². The molecule has 0 heterocycles. The zero-order valence-electron chi connectivity index (χ0n) is 9.84. The molecule has 0 amide bonds. The van der Waals surface area contributed by atoms with Gasteiger partial charge >= 0.3 is 0 Å². The summed E-state index contributed by atoms with van der Waals surface area (Å²) in [4.78, 5) is 0. The van der Waals surface area contributed by atoms with E-state index in [1.807, 2.05) is 0 Å².